The molecule has 0 saturated carbocycles. The maximum absolute atomic E-state index is 2.75. The van der Waals surface area contributed by atoms with E-state index in [2.05, 4.69) is 221 Å². The van der Waals surface area contributed by atoms with Crippen LogP contribution in [0.4, 0.5) is 11.4 Å². The number of hydrogen-bond acceptors (Lipinski definition) is 1. The smallest absolute Gasteiger partial charge is 0.333 e. The lowest BCUT2D eigenvalue weighted by Crippen LogP contribution is -2.61. The van der Waals surface area contributed by atoms with E-state index in [4.69, 9.17) is 0 Å². The summed E-state index contributed by atoms with van der Waals surface area (Å²) in [6.07, 6.45) is 0. The highest BCUT2D eigenvalue weighted by Gasteiger charge is 2.51. The molecule has 3 heterocycles. The summed E-state index contributed by atoms with van der Waals surface area (Å²) in [5.41, 5.74) is 27.0. The summed E-state index contributed by atoms with van der Waals surface area (Å²) in [6.45, 7) is 30.9. The highest BCUT2D eigenvalue weighted by molar-refractivity contribution is 6.94. The van der Waals surface area contributed by atoms with E-state index in [-0.39, 0.29) is 33.9 Å². The average molecular weight is 819 g/mol. The average Bonchev–Trinajstić information content (AvgIpc) is 3.78. The van der Waals surface area contributed by atoms with Gasteiger partial charge in [0.1, 0.15) is 0 Å². The van der Waals surface area contributed by atoms with Gasteiger partial charge in [-0.2, -0.15) is 0 Å². The van der Waals surface area contributed by atoms with Gasteiger partial charge in [-0.25, -0.2) is 0 Å². The second-order valence-electron chi connectivity index (χ2n) is 23.4. The van der Waals surface area contributed by atoms with Gasteiger partial charge in [-0.1, -0.05) is 169 Å². The zero-order valence-electron chi connectivity index (χ0n) is 39.5. The normalized spacial score (nSPS) is 16.2. The standard InChI is InChI=1S/C60H59BN2/c1-56(2,3)34-22-26-37(27-23-34)63-49-33-40-38-18-14-16-20-43(38)59(10,11)45(40)32-42(49)51-50-39-19-15-17-21-44(39)60(12,13)53(50)52-41-30-35(57(4,5)6)24-28-47(41)62-48-29-25-36(58(7,8)9)31-46(48)61(63)54(51)55(52)62/h14-33H,1-13H3. The van der Waals surface area contributed by atoms with Gasteiger partial charge >= 0.3 is 6.85 Å². The summed E-state index contributed by atoms with van der Waals surface area (Å²) >= 11 is 0. The Morgan fingerprint density at radius 2 is 1.06 bits per heavy atom. The fraction of sp³-hybridized carbons (Fsp3) is 0.300. The van der Waals surface area contributed by atoms with Crippen molar-refractivity contribution in [1.82, 2.24) is 4.57 Å². The minimum atomic E-state index is -0.226. The van der Waals surface area contributed by atoms with E-state index in [1.54, 1.807) is 0 Å². The third-order valence-electron chi connectivity index (χ3n) is 15.8. The van der Waals surface area contributed by atoms with Crippen LogP contribution in [0, 0.1) is 0 Å². The van der Waals surface area contributed by atoms with Crippen LogP contribution in [0.2, 0.25) is 0 Å². The van der Waals surface area contributed by atoms with Crippen molar-refractivity contribution in [2.45, 2.75) is 117 Å². The van der Waals surface area contributed by atoms with Gasteiger partial charge in [-0.3, -0.25) is 0 Å². The maximum Gasteiger partial charge on any atom is 0.333 e. The first kappa shape index (κ1) is 38.8. The number of anilines is 2. The molecule has 2 aliphatic carbocycles. The zero-order chi connectivity index (χ0) is 44.1. The van der Waals surface area contributed by atoms with Gasteiger partial charge in [0.15, 0.2) is 0 Å². The van der Waals surface area contributed by atoms with Gasteiger partial charge < -0.3 is 9.38 Å². The third kappa shape index (κ3) is 4.97. The molecule has 7 aromatic carbocycles. The van der Waals surface area contributed by atoms with E-state index in [1.807, 2.05) is 0 Å². The Morgan fingerprint density at radius 1 is 0.476 bits per heavy atom. The predicted octanol–water partition coefficient (Wildman–Crippen LogP) is 14.5. The van der Waals surface area contributed by atoms with E-state index in [9.17, 15) is 0 Å². The molecule has 2 nitrogen and oxygen atoms in total. The van der Waals surface area contributed by atoms with Crippen molar-refractivity contribution in [2.75, 3.05) is 4.81 Å². The van der Waals surface area contributed by atoms with Crippen LogP contribution in [-0.2, 0) is 27.1 Å². The number of hydrogen-bond donors (Lipinski definition) is 0. The van der Waals surface area contributed by atoms with E-state index >= 15 is 0 Å². The maximum atomic E-state index is 2.75. The van der Waals surface area contributed by atoms with Crippen LogP contribution in [-0.4, -0.2) is 11.4 Å². The number of aromatic nitrogens is 1. The van der Waals surface area contributed by atoms with Crippen molar-refractivity contribution in [3.05, 3.63) is 160 Å². The first-order valence-electron chi connectivity index (χ1n) is 23.3. The Labute approximate surface area is 375 Å². The molecule has 12 rings (SSSR count). The molecule has 3 heteroatoms. The SMILES string of the molecule is CC(C)(C)c1ccc(N2B3c4cc(C(C)(C)C)ccc4-n4c5ccc(C(C)(C)C)cc5c5c6c(c(c3c54)-c3cc4c(cc32)-c2ccccc2C4(C)C)-c2ccccc2C6(C)C)cc1. The summed E-state index contributed by atoms with van der Waals surface area (Å²) in [7, 11) is 0. The lowest BCUT2D eigenvalue weighted by Gasteiger charge is -2.44. The van der Waals surface area contributed by atoms with Crippen molar-refractivity contribution in [2.24, 2.45) is 0 Å². The van der Waals surface area contributed by atoms with Gasteiger partial charge in [0.05, 0.1) is 11.0 Å². The molecule has 0 N–H and O–H groups in total. The van der Waals surface area contributed by atoms with Gasteiger partial charge in [-0.15, -0.1) is 0 Å². The van der Waals surface area contributed by atoms with Crippen LogP contribution in [0.15, 0.2) is 121 Å². The molecule has 63 heavy (non-hydrogen) atoms. The molecule has 1 aromatic heterocycles. The zero-order valence-corrected chi connectivity index (χ0v) is 39.5. The number of benzene rings is 7. The molecule has 0 atom stereocenters. The molecular weight excluding hydrogens is 759 g/mol. The van der Waals surface area contributed by atoms with Gasteiger partial charge in [0.2, 0.25) is 0 Å². The molecule has 0 bridgehead atoms. The third-order valence-corrected chi connectivity index (χ3v) is 15.8. The lowest BCUT2D eigenvalue weighted by molar-refractivity contribution is 0.590. The second-order valence-corrected chi connectivity index (χ2v) is 23.4. The van der Waals surface area contributed by atoms with Crippen molar-refractivity contribution in [3.63, 3.8) is 0 Å². The molecule has 2 aliphatic heterocycles. The molecule has 8 aromatic rings. The van der Waals surface area contributed by atoms with E-state index in [1.165, 1.54) is 122 Å². The van der Waals surface area contributed by atoms with Crippen molar-refractivity contribution >= 4 is 51.0 Å². The van der Waals surface area contributed by atoms with Gasteiger partial charge in [-0.05, 0) is 136 Å². The van der Waals surface area contributed by atoms with Crippen LogP contribution >= 0.6 is 0 Å². The van der Waals surface area contributed by atoms with E-state index in [0.717, 1.165) is 0 Å². The van der Waals surface area contributed by atoms with E-state index in [0.29, 0.717) is 0 Å². The molecule has 0 fully saturated rings. The summed E-state index contributed by atoms with van der Waals surface area (Å²) in [5, 5.41) is 2.78. The molecular formula is C60H59BN2. The number of fused-ring (bicyclic) bond motifs is 16. The molecule has 312 valence electrons. The molecule has 0 amide bonds. The molecule has 0 saturated heterocycles. The van der Waals surface area contributed by atoms with Crippen LogP contribution in [0.25, 0.3) is 60.9 Å². The summed E-state index contributed by atoms with van der Waals surface area (Å²) in [5.74, 6) is 0. The van der Waals surface area contributed by atoms with E-state index < -0.39 is 0 Å². The van der Waals surface area contributed by atoms with Crippen molar-refractivity contribution < 1.29 is 0 Å². The molecule has 0 radical (unpaired) electrons. The number of nitrogens with zero attached hydrogens (tertiary/aromatic N) is 2. The Morgan fingerprint density at radius 3 is 1.73 bits per heavy atom. The van der Waals surface area contributed by atoms with Crippen LogP contribution < -0.4 is 15.7 Å². The molecule has 0 spiro atoms. The molecule has 0 unspecified atom stereocenters. The Bertz CT molecular complexity index is 3330. The first-order valence-corrected chi connectivity index (χ1v) is 23.3. The fourth-order valence-electron chi connectivity index (χ4n) is 12.4. The first-order chi connectivity index (χ1) is 29.7. The summed E-state index contributed by atoms with van der Waals surface area (Å²) in [4.78, 5) is 2.75. The highest BCUT2D eigenvalue weighted by atomic mass is 15.1. The van der Waals surface area contributed by atoms with Crippen molar-refractivity contribution in [3.8, 4) is 39.1 Å². The van der Waals surface area contributed by atoms with Crippen LogP contribution in [0.5, 0.6) is 0 Å². The summed E-state index contributed by atoms with van der Waals surface area (Å²) < 4.78 is 2.69. The minimum Gasteiger partial charge on any atom is -0.376 e. The Kier molecular flexibility index (Phi) is 7.43. The largest absolute Gasteiger partial charge is 0.376 e. The fourth-order valence-corrected chi connectivity index (χ4v) is 12.4. The van der Waals surface area contributed by atoms with Gasteiger partial charge in [0.25, 0.3) is 0 Å². The number of rotatable bonds is 1. The molecule has 4 aliphatic rings. The highest BCUT2D eigenvalue weighted by Crippen LogP contribution is 2.61. The Hall–Kier alpha value is -5.80. The quantitative estimate of drug-likeness (QED) is 0.150. The predicted molar refractivity (Wildman–Crippen MR) is 271 cm³/mol. The lowest BCUT2D eigenvalue weighted by atomic mass is 9.43. The monoisotopic (exact) mass is 818 g/mol. The second kappa shape index (κ2) is 12.1. The summed E-state index contributed by atoms with van der Waals surface area (Å²) in [6, 6.07) is 48.2. The van der Waals surface area contributed by atoms with Crippen LogP contribution in [0.1, 0.15) is 129 Å². The Balaban J connectivity index is 1.34. The van der Waals surface area contributed by atoms with Crippen LogP contribution in [0.3, 0.4) is 0 Å². The van der Waals surface area contributed by atoms with Crippen molar-refractivity contribution in [1.29, 1.82) is 0 Å². The van der Waals surface area contributed by atoms with Gasteiger partial charge in [0, 0.05) is 44.2 Å². The topological polar surface area (TPSA) is 8.17 Å². The minimum absolute atomic E-state index is 0.000419.